The van der Waals surface area contributed by atoms with E-state index in [0.29, 0.717) is 17.6 Å². The molecule has 0 aliphatic heterocycles. The zero-order chi connectivity index (χ0) is 23.7. The number of aliphatic hydroxyl groups is 2. The van der Waals surface area contributed by atoms with Crippen molar-refractivity contribution in [3.05, 3.63) is 34.9 Å². The van der Waals surface area contributed by atoms with Gasteiger partial charge < -0.3 is 19.7 Å². The number of hydrogen-bond acceptors (Lipinski definition) is 6. The Morgan fingerprint density at radius 1 is 1.13 bits per heavy atom. The third-order valence-electron chi connectivity index (χ3n) is 7.41. The molecular weight excluding hydrogens is 396 g/mol. The number of esters is 2. The maximum atomic E-state index is 12.7. The van der Waals surface area contributed by atoms with Crippen LogP contribution in [0, 0.1) is 17.3 Å². The van der Waals surface area contributed by atoms with E-state index in [-0.39, 0.29) is 12.3 Å². The predicted molar refractivity (Wildman–Crippen MR) is 119 cm³/mol. The lowest BCUT2D eigenvalue weighted by Gasteiger charge is -2.45. The van der Waals surface area contributed by atoms with Gasteiger partial charge in [0.2, 0.25) is 0 Å². The van der Waals surface area contributed by atoms with Gasteiger partial charge in [-0.05, 0) is 40.5 Å². The molecule has 6 atom stereocenters. The van der Waals surface area contributed by atoms with Gasteiger partial charge in [-0.1, -0.05) is 44.6 Å². The maximum absolute atomic E-state index is 12.7. The fourth-order valence-corrected chi connectivity index (χ4v) is 4.99. The molecule has 2 rings (SSSR count). The minimum atomic E-state index is -1.29. The molecule has 6 heteroatoms. The van der Waals surface area contributed by atoms with E-state index in [1.165, 1.54) is 0 Å². The third kappa shape index (κ3) is 4.51. The molecule has 0 saturated heterocycles. The molecule has 174 valence electrons. The van der Waals surface area contributed by atoms with Crippen molar-refractivity contribution in [3.63, 3.8) is 0 Å². The van der Waals surface area contributed by atoms with Gasteiger partial charge in [0.25, 0.3) is 0 Å². The van der Waals surface area contributed by atoms with Crippen LogP contribution >= 0.6 is 0 Å². The van der Waals surface area contributed by atoms with E-state index in [1.54, 1.807) is 45.9 Å². The van der Waals surface area contributed by atoms with Crippen molar-refractivity contribution < 1.29 is 29.3 Å². The summed E-state index contributed by atoms with van der Waals surface area (Å²) in [4.78, 5) is 25.3. The average molecular weight is 435 g/mol. The van der Waals surface area contributed by atoms with Crippen molar-refractivity contribution in [1.29, 1.82) is 0 Å². The van der Waals surface area contributed by atoms with Crippen LogP contribution in [0.5, 0.6) is 0 Å². The summed E-state index contributed by atoms with van der Waals surface area (Å²) in [5, 5.41) is 23.1. The number of rotatable bonds is 5. The van der Waals surface area contributed by atoms with Gasteiger partial charge >= 0.3 is 11.9 Å². The SMILES string of the molecule is CC=C(C)C(=O)OC1CC(C)=CC(O)C2(C)C(OC(=O)C(C)=CC)CC(O)(C(C)C)C12. The van der Waals surface area contributed by atoms with E-state index >= 15 is 0 Å². The molecule has 6 unspecified atom stereocenters. The summed E-state index contributed by atoms with van der Waals surface area (Å²) >= 11 is 0. The monoisotopic (exact) mass is 434 g/mol. The molecule has 0 spiro atoms. The highest BCUT2D eigenvalue weighted by molar-refractivity contribution is 5.88. The summed E-state index contributed by atoms with van der Waals surface area (Å²) in [6, 6.07) is 0. The Bertz CT molecular complexity index is 807. The number of aliphatic hydroxyl groups excluding tert-OH is 1. The molecule has 2 N–H and O–H groups in total. The van der Waals surface area contributed by atoms with E-state index in [1.807, 2.05) is 27.7 Å². The quantitative estimate of drug-likeness (QED) is 0.388. The second-order valence-electron chi connectivity index (χ2n) is 9.64. The van der Waals surface area contributed by atoms with Crippen molar-refractivity contribution in [1.82, 2.24) is 0 Å². The van der Waals surface area contributed by atoms with Crippen LogP contribution in [0.4, 0.5) is 0 Å². The molecule has 0 amide bonds. The van der Waals surface area contributed by atoms with Crippen molar-refractivity contribution in [2.24, 2.45) is 17.3 Å². The van der Waals surface area contributed by atoms with Crippen LogP contribution in [0.3, 0.4) is 0 Å². The van der Waals surface area contributed by atoms with Crippen LogP contribution in [0.15, 0.2) is 34.9 Å². The molecule has 31 heavy (non-hydrogen) atoms. The molecule has 0 aromatic carbocycles. The molecule has 0 bridgehead atoms. The molecule has 2 aliphatic rings. The number of carbonyl (C=O) groups is 2. The summed E-state index contributed by atoms with van der Waals surface area (Å²) in [7, 11) is 0. The second-order valence-corrected chi connectivity index (χ2v) is 9.64. The van der Waals surface area contributed by atoms with Crippen molar-refractivity contribution in [3.8, 4) is 0 Å². The third-order valence-corrected chi connectivity index (χ3v) is 7.41. The maximum Gasteiger partial charge on any atom is 0.333 e. The highest BCUT2D eigenvalue weighted by Gasteiger charge is 2.67. The molecule has 6 nitrogen and oxygen atoms in total. The zero-order valence-corrected chi connectivity index (χ0v) is 20.1. The van der Waals surface area contributed by atoms with E-state index < -0.39 is 47.2 Å². The minimum absolute atomic E-state index is 0.162. The lowest BCUT2D eigenvalue weighted by Crippen LogP contribution is -2.54. The summed E-state index contributed by atoms with van der Waals surface area (Å²) in [5.41, 5.74) is -0.528. The topological polar surface area (TPSA) is 93.1 Å². The van der Waals surface area contributed by atoms with Crippen molar-refractivity contribution in [2.45, 2.75) is 92.1 Å². The van der Waals surface area contributed by atoms with Crippen LogP contribution in [-0.4, -0.2) is 46.1 Å². The van der Waals surface area contributed by atoms with Crippen LogP contribution in [-0.2, 0) is 19.1 Å². The molecule has 0 aromatic rings. The number of ether oxygens (including phenoxy) is 2. The summed E-state index contributed by atoms with van der Waals surface area (Å²) in [6.07, 6.45) is 3.26. The van der Waals surface area contributed by atoms with Gasteiger partial charge in [-0.15, -0.1) is 0 Å². The van der Waals surface area contributed by atoms with Crippen LogP contribution in [0.2, 0.25) is 0 Å². The molecule has 2 aliphatic carbocycles. The molecule has 0 radical (unpaired) electrons. The standard InChI is InChI=1S/C25H38O6/c1-9-16(6)22(27)30-18-11-15(5)12-19(26)24(8)20(31-23(28)17(7)10-2)13-25(29,14(3)4)21(18)24/h9-10,12,14,18-21,26,29H,11,13H2,1-8H3. The molecule has 0 aromatic heterocycles. The minimum Gasteiger partial charge on any atom is -0.458 e. The van der Waals surface area contributed by atoms with E-state index in [2.05, 4.69) is 0 Å². The van der Waals surface area contributed by atoms with Gasteiger partial charge in [0.15, 0.2) is 0 Å². The number of fused-ring (bicyclic) bond motifs is 1. The average Bonchev–Trinajstić information content (AvgIpc) is 2.88. The Morgan fingerprint density at radius 2 is 1.65 bits per heavy atom. The summed E-state index contributed by atoms with van der Waals surface area (Å²) in [6.45, 7) is 14.4. The van der Waals surface area contributed by atoms with Crippen LogP contribution in [0.1, 0.15) is 68.2 Å². The van der Waals surface area contributed by atoms with E-state index in [0.717, 1.165) is 5.57 Å². The van der Waals surface area contributed by atoms with Crippen LogP contribution in [0.25, 0.3) is 0 Å². The summed E-state index contributed by atoms with van der Waals surface area (Å²) in [5.74, 6) is -1.76. The highest BCUT2D eigenvalue weighted by atomic mass is 16.6. The number of allylic oxidation sites excluding steroid dienone is 2. The molecular formula is C25H38O6. The Kier molecular flexibility index (Phi) is 7.59. The first kappa shape index (κ1) is 25.3. The highest BCUT2D eigenvalue weighted by Crippen LogP contribution is 2.59. The Balaban J connectivity index is 2.61. The zero-order valence-electron chi connectivity index (χ0n) is 20.1. The van der Waals surface area contributed by atoms with Gasteiger partial charge in [-0.2, -0.15) is 0 Å². The lowest BCUT2D eigenvalue weighted by molar-refractivity contribution is -0.173. The summed E-state index contributed by atoms with van der Waals surface area (Å²) < 4.78 is 11.8. The molecule has 0 heterocycles. The fourth-order valence-electron chi connectivity index (χ4n) is 4.99. The predicted octanol–water partition coefficient (Wildman–Crippen LogP) is 3.87. The second kappa shape index (κ2) is 9.29. The first-order chi connectivity index (χ1) is 14.3. The van der Waals surface area contributed by atoms with Gasteiger partial charge in [-0.25, -0.2) is 9.59 Å². The lowest BCUT2D eigenvalue weighted by atomic mass is 9.66. The van der Waals surface area contributed by atoms with Gasteiger partial charge in [-0.3, -0.25) is 0 Å². The Hall–Kier alpha value is -1.92. The van der Waals surface area contributed by atoms with E-state index in [9.17, 15) is 19.8 Å². The van der Waals surface area contributed by atoms with Crippen LogP contribution < -0.4 is 0 Å². The largest absolute Gasteiger partial charge is 0.458 e. The van der Waals surface area contributed by atoms with Crippen molar-refractivity contribution >= 4 is 11.9 Å². The molecule has 1 fully saturated rings. The normalized spacial score (nSPS) is 36.5. The van der Waals surface area contributed by atoms with E-state index in [4.69, 9.17) is 9.47 Å². The first-order valence-electron chi connectivity index (χ1n) is 11.1. The first-order valence-corrected chi connectivity index (χ1v) is 11.1. The molecule has 1 saturated carbocycles. The fraction of sp³-hybridized carbons (Fsp3) is 0.680. The van der Waals surface area contributed by atoms with Gasteiger partial charge in [0.1, 0.15) is 12.2 Å². The number of hydrogen-bond donors (Lipinski definition) is 2. The smallest absolute Gasteiger partial charge is 0.333 e. The Morgan fingerprint density at radius 3 is 2.13 bits per heavy atom. The Labute approximate surface area is 186 Å². The van der Waals surface area contributed by atoms with Crippen molar-refractivity contribution in [2.75, 3.05) is 0 Å². The number of carbonyl (C=O) groups excluding carboxylic acids is 2. The van der Waals surface area contributed by atoms with Gasteiger partial charge in [0, 0.05) is 35.3 Å². The van der Waals surface area contributed by atoms with Gasteiger partial charge in [0.05, 0.1) is 11.7 Å².